The highest BCUT2D eigenvalue weighted by molar-refractivity contribution is 7.92. The summed E-state index contributed by atoms with van der Waals surface area (Å²) in [6.45, 7) is 3.42. The van der Waals surface area contributed by atoms with Gasteiger partial charge in [-0.15, -0.1) is 0 Å². The van der Waals surface area contributed by atoms with Gasteiger partial charge in [0.05, 0.1) is 21.1 Å². The summed E-state index contributed by atoms with van der Waals surface area (Å²) in [5.74, 6) is 0.291. The minimum Gasteiger partial charge on any atom is -0.454 e. The van der Waals surface area contributed by atoms with Crippen LogP contribution in [0.5, 0.6) is 11.5 Å². The van der Waals surface area contributed by atoms with Crippen molar-refractivity contribution >= 4 is 33.0 Å². The zero-order valence-electron chi connectivity index (χ0n) is 16.5. The normalized spacial score (nSPS) is 12.6. The van der Waals surface area contributed by atoms with Crippen LogP contribution in [0.15, 0.2) is 59.5 Å². The van der Waals surface area contributed by atoms with Crippen LogP contribution in [0.25, 0.3) is 0 Å². The van der Waals surface area contributed by atoms with Gasteiger partial charge >= 0.3 is 0 Å². The number of ether oxygens (including phenoxy) is 1. The molecule has 3 aromatic rings. The van der Waals surface area contributed by atoms with Crippen LogP contribution in [-0.2, 0) is 10.0 Å². The molecule has 0 unspecified atom stereocenters. The molecule has 0 aliphatic carbocycles. The molecule has 1 heterocycles. The predicted molar refractivity (Wildman–Crippen MR) is 114 cm³/mol. The molecule has 31 heavy (non-hydrogen) atoms. The third-order valence-corrected chi connectivity index (χ3v) is 6.27. The average molecular weight is 439 g/mol. The van der Waals surface area contributed by atoms with E-state index in [1.165, 1.54) is 37.3 Å². The van der Waals surface area contributed by atoms with Crippen LogP contribution in [0.2, 0.25) is 0 Å². The fourth-order valence-corrected chi connectivity index (χ4v) is 4.52. The average Bonchev–Trinajstić information content (AvgIpc) is 2.83. The van der Waals surface area contributed by atoms with Crippen molar-refractivity contribution in [1.82, 2.24) is 0 Å². The highest BCUT2D eigenvalue weighted by Crippen LogP contribution is 2.37. The molecule has 0 bridgehead atoms. The number of nitrogens with one attached hydrogen (secondary N) is 2. The molecule has 1 aliphatic rings. The van der Waals surface area contributed by atoms with Crippen LogP contribution in [0.3, 0.4) is 0 Å². The van der Waals surface area contributed by atoms with Gasteiger partial charge in [0.25, 0.3) is 21.6 Å². The van der Waals surface area contributed by atoms with Gasteiger partial charge in [-0.2, -0.15) is 0 Å². The number of non-ortho nitro benzene ring substituents is 1. The molecule has 10 heteroatoms. The first-order valence-electron chi connectivity index (χ1n) is 9.16. The van der Waals surface area contributed by atoms with Gasteiger partial charge < -0.3 is 10.1 Å². The SMILES string of the molecule is Cc1ccc2c(c1)NC(=O)c1cc(NS(=O)(=O)c3cc([N+](=O)[O-])ccc3C)ccc1O2. The third-order valence-electron chi connectivity index (χ3n) is 4.75. The van der Waals surface area contributed by atoms with Crippen LogP contribution in [-0.4, -0.2) is 19.2 Å². The number of rotatable bonds is 4. The zero-order chi connectivity index (χ0) is 22.3. The summed E-state index contributed by atoms with van der Waals surface area (Å²) in [6.07, 6.45) is 0. The number of sulfonamides is 1. The second-order valence-electron chi connectivity index (χ2n) is 7.08. The van der Waals surface area contributed by atoms with Gasteiger partial charge in [0, 0.05) is 17.8 Å². The highest BCUT2D eigenvalue weighted by atomic mass is 32.2. The number of anilines is 2. The lowest BCUT2D eigenvalue weighted by molar-refractivity contribution is -0.385. The fourth-order valence-electron chi connectivity index (χ4n) is 3.20. The second-order valence-corrected chi connectivity index (χ2v) is 8.73. The number of nitro benzene ring substituents is 1. The quantitative estimate of drug-likeness (QED) is 0.459. The van der Waals surface area contributed by atoms with Crippen molar-refractivity contribution in [2.75, 3.05) is 10.0 Å². The summed E-state index contributed by atoms with van der Waals surface area (Å²) in [7, 11) is -4.14. The summed E-state index contributed by atoms with van der Waals surface area (Å²) in [6, 6.07) is 13.2. The van der Waals surface area contributed by atoms with Crippen LogP contribution < -0.4 is 14.8 Å². The number of benzene rings is 3. The molecule has 1 aliphatic heterocycles. The van der Waals surface area contributed by atoms with Crippen LogP contribution >= 0.6 is 0 Å². The third kappa shape index (κ3) is 3.92. The highest BCUT2D eigenvalue weighted by Gasteiger charge is 2.24. The first kappa shape index (κ1) is 20.4. The number of fused-ring (bicyclic) bond motifs is 2. The van der Waals surface area contributed by atoms with Gasteiger partial charge in [0.2, 0.25) is 0 Å². The number of amides is 1. The largest absolute Gasteiger partial charge is 0.454 e. The number of carbonyl (C=O) groups excluding carboxylic acids is 1. The van der Waals surface area contributed by atoms with E-state index in [0.717, 1.165) is 11.6 Å². The van der Waals surface area contributed by atoms with E-state index in [0.29, 0.717) is 17.0 Å². The number of nitrogens with zero attached hydrogens (tertiary/aromatic N) is 1. The summed E-state index contributed by atoms with van der Waals surface area (Å²) >= 11 is 0. The van der Waals surface area contributed by atoms with E-state index < -0.39 is 20.9 Å². The lowest BCUT2D eigenvalue weighted by atomic mass is 10.1. The molecule has 9 nitrogen and oxygen atoms in total. The summed E-state index contributed by atoms with van der Waals surface area (Å²) < 4.78 is 33.9. The minimum absolute atomic E-state index is 0.116. The Labute approximate surface area is 177 Å². The predicted octanol–water partition coefficient (Wildman–Crippen LogP) is 4.37. The van der Waals surface area contributed by atoms with Gasteiger partial charge in [-0.3, -0.25) is 19.6 Å². The van der Waals surface area contributed by atoms with Gasteiger partial charge in [0.1, 0.15) is 5.75 Å². The standard InChI is InChI=1S/C21H17N3O6S/c1-12-3-7-19-17(9-12)22-21(25)16-10-14(5-8-18(16)30-19)23-31(28,29)20-11-15(24(26)27)6-4-13(20)2/h3-11,23H,1-2H3,(H,22,25). The van der Waals surface area contributed by atoms with Crippen molar-refractivity contribution in [3.8, 4) is 11.5 Å². The maximum Gasteiger partial charge on any atom is 0.270 e. The van der Waals surface area contributed by atoms with Crippen molar-refractivity contribution in [3.63, 3.8) is 0 Å². The van der Waals surface area contributed by atoms with E-state index in [-0.39, 0.29) is 27.6 Å². The Bertz CT molecular complexity index is 1350. The van der Waals surface area contributed by atoms with E-state index in [1.807, 2.05) is 13.0 Å². The van der Waals surface area contributed by atoms with Gasteiger partial charge in [-0.1, -0.05) is 12.1 Å². The molecule has 1 amide bonds. The molecule has 0 spiro atoms. The van der Waals surface area contributed by atoms with Crippen LogP contribution in [0.4, 0.5) is 17.1 Å². The fraction of sp³-hybridized carbons (Fsp3) is 0.0952. The first-order chi connectivity index (χ1) is 14.6. The molecule has 2 N–H and O–H groups in total. The van der Waals surface area contributed by atoms with Crippen LogP contribution in [0.1, 0.15) is 21.5 Å². The molecule has 0 aromatic heterocycles. The molecule has 158 valence electrons. The lowest BCUT2D eigenvalue weighted by Gasteiger charge is -2.12. The lowest BCUT2D eigenvalue weighted by Crippen LogP contribution is -2.16. The number of hydrogen-bond acceptors (Lipinski definition) is 6. The zero-order valence-corrected chi connectivity index (χ0v) is 17.3. The molecular weight excluding hydrogens is 422 g/mol. The Balaban J connectivity index is 1.69. The Hall–Kier alpha value is -3.92. The smallest absolute Gasteiger partial charge is 0.270 e. The van der Waals surface area contributed by atoms with Gasteiger partial charge in [-0.25, -0.2) is 8.42 Å². The summed E-state index contributed by atoms with van der Waals surface area (Å²) in [5.41, 5.74) is 1.72. The Morgan fingerprint density at radius 2 is 1.74 bits per heavy atom. The minimum atomic E-state index is -4.14. The van der Waals surface area contributed by atoms with Gasteiger partial charge in [0.15, 0.2) is 5.75 Å². The van der Waals surface area contributed by atoms with Crippen molar-refractivity contribution in [3.05, 3.63) is 81.4 Å². The summed E-state index contributed by atoms with van der Waals surface area (Å²) in [5, 5.41) is 13.8. The number of nitro groups is 1. The monoisotopic (exact) mass is 439 g/mol. The topological polar surface area (TPSA) is 128 Å². The summed E-state index contributed by atoms with van der Waals surface area (Å²) in [4.78, 5) is 22.8. The molecule has 4 rings (SSSR count). The number of carbonyl (C=O) groups is 1. The van der Waals surface area contributed by atoms with Crippen molar-refractivity contribution < 1.29 is 22.9 Å². The number of aryl methyl sites for hydroxylation is 2. The maximum atomic E-state index is 12.9. The first-order valence-corrected chi connectivity index (χ1v) is 10.6. The molecule has 0 atom stereocenters. The van der Waals surface area contributed by atoms with Gasteiger partial charge in [-0.05, 0) is 55.3 Å². The van der Waals surface area contributed by atoms with Crippen molar-refractivity contribution in [1.29, 1.82) is 0 Å². The van der Waals surface area contributed by atoms with E-state index in [4.69, 9.17) is 4.74 Å². The Morgan fingerprint density at radius 1 is 1.00 bits per heavy atom. The van der Waals surface area contributed by atoms with E-state index in [2.05, 4.69) is 10.0 Å². The molecule has 0 fully saturated rings. The van der Waals surface area contributed by atoms with Crippen LogP contribution in [0, 0.1) is 24.0 Å². The molecule has 0 radical (unpaired) electrons. The van der Waals surface area contributed by atoms with Crippen molar-refractivity contribution in [2.24, 2.45) is 0 Å². The van der Waals surface area contributed by atoms with Crippen molar-refractivity contribution in [2.45, 2.75) is 18.7 Å². The molecule has 0 saturated heterocycles. The van der Waals surface area contributed by atoms with E-state index in [9.17, 15) is 23.3 Å². The Kier molecular flexibility index (Phi) is 4.86. The molecule has 0 saturated carbocycles. The number of hydrogen-bond donors (Lipinski definition) is 2. The second kappa shape index (κ2) is 7.40. The maximum absolute atomic E-state index is 12.9. The molecule has 3 aromatic carbocycles. The van der Waals surface area contributed by atoms with E-state index >= 15 is 0 Å². The Morgan fingerprint density at radius 3 is 2.48 bits per heavy atom. The van der Waals surface area contributed by atoms with E-state index in [1.54, 1.807) is 12.1 Å². The molecular formula is C21H17N3O6S.